The van der Waals surface area contributed by atoms with Gasteiger partial charge in [0.1, 0.15) is 18.7 Å². The van der Waals surface area contributed by atoms with Gasteiger partial charge in [0.2, 0.25) is 5.78 Å². The number of likely N-dealkylation sites (tertiary alicyclic amines) is 1. The second-order valence-corrected chi connectivity index (χ2v) is 10.4. The fourth-order valence-corrected chi connectivity index (χ4v) is 4.46. The van der Waals surface area contributed by atoms with E-state index in [2.05, 4.69) is 33.7 Å². The van der Waals surface area contributed by atoms with Crippen LogP contribution in [0.4, 0.5) is 4.79 Å². The Morgan fingerprint density at radius 1 is 1.11 bits per heavy atom. The maximum atomic E-state index is 12.6. The van der Waals surface area contributed by atoms with Crippen LogP contribution in [-0.4, -0.2) is 55.0 Å². The number of quaternary nitrogens is 1. The lowest BCUT2D eigenvalue weighted by Gasteiger charge is -2.35. The summed E-state index contributed by atoms with van der Waals surface area (Å²) in [6.45, 7) is 9.64. The van der Waals surface area contributed by atoms with E-state index in [0.717, 1.165) is 49.9 Å². The van der Waals surface area contributed by atoms with E-state index in [-0.39, 0.29) is 17.9 Å². The van der Waals surface area contributed by atoms with Gasteiger partial charge in [-0.25, -0.2) is 4.79 Å². The van der Waals surface area contributed by atoms with E-state index in [0.29, 0.717) is 25.3 Å². The largest absolute Gasteiger partial charge is 0.456 e. The lowest BCUT2D eigenvalue weighted by molar-refractivity contribution is -0.901. The van der Waals surface area contributed by atoms with Crippen molar-refractivity contribution in [1.82, 2.24) is 0 Å². The minimum absolute atomic E-state index is 0.0827. The number of Topliss-reactive ketones (excluding diaryl/α,β-unsaturated/α-hetero) is 1. The average molecular weight is 595 g/mol. The molecule has 2 unspecified atom stereocenters. The number of rotatable bonds is 8. The molecular formula is C30H46BrN2O5+. The molecule has 1 fully saturated rings. The predicted octanol–water partition coefficient (Wildman–Crippen LogP) is 4.58. The first-order valence-electron chi connectivity index (χ1n) is 13.4. The second kappa shape index (κ2) is 17.9. The number of nitrogens with one attached hydrogen (secondary N) is 1. The number of esters is 1. The van der Waals surface area contributed by atoms with E-state index in [9.17, 15) is 14.4 Å². The highest BCUT2D eigenvalue weighted by Crippen LogP contribution is 2.19. The number of primary amides is 1. The number of nitrogens with two attached hydrogens (primary N) is 1. The van der Waals surface area contributed by atoms with Crippen molar-refractivity contribution in [3.63, 3.8) is 0 Å². The Labute approximate surface area is 236 Å². The molecule has 0 aromatic heterocycles. The van der Waals surface area contributed by atoms with Gasteiger partial charge < -0.3 is 20.1 Å². The molecule has 1 aromatic rings. The average Bonchev–Trinajstić information content (AvgIpc) is 2.89. The molecule has 38 heavy (non-hydrogen) atoms. The molecule has 1 saturated heterocycles. The molecule has 1 aromatic carbocycles. The van der Waals surface area contributed by atoms with Crippen LogP contribution in [0.25, 0.3) is 0 Å². The van der Waals surface area contributed by atoms with Crippen LogP contribution in [0, 0.1) is 5.92 Å². The maximum absolute atomic E-state index is 12.6. The summed E-state index contributed by atoms with van der Waals surface area (Å²) in [7, 11) is 0. The quantitative estimate of drug-likeness (QED) is 0.339. The van der Waals surface area contributed by atoms with Gasteiger partial charge in [0.15, 0.2) is 6.10 Å². The number of halogens is 1. The molecule has 1 amide bonds. The Balaban J connectivity index is 0.000000620. The molecule has 3 N–H and O–H groups in total. The summed E-state index contributed by atoms with van der Waals surface area (Å²) in [4.78, 5) is 36.2. The summed E-state index contributed by atoms with van der Waals surface area (Å²) in [5.74, 6) is 2.29. The number of allylic oxidation sites excluding steroid dienone is 3. The van der Waals surface area contributed by atoms with Crippen molar-refractivity contribution >= 4 is 33.8 Å². The molecule has 0 bridgehead atoms. The minimum atomic E-state index is -0.725. The van der Waals surface area contributed by atoms with Gasteiger partial charge in [0, 0.05) is 24.3 Å². The van der Waals surface area contributed by atoms with E-state index in [1.165, 1.54) is 4.90 Å². The number of ketones is 1. The van der Waals surface area contributed by atoms with Crippen molar-refractivity contribution in [3.8, 4) is 0 Å². The van der Waals surface area contributed by atoms with Gasteiger partial charge in [-0.15, -0.1) is 0 Å². The number of piperidine rings is 1. The summed E-state index contributed by atoms with van der Waals surface area (Å²) >= 11 is 2.94. The smallest absolute Gasteiger partial charge is 0.405 e. The van der Waals surface area contributed by atoms with E-state index < -0.39 is 11.7 Å². The number of alkyl halides is 1. The standard InChI is InChI=1S/C24H31NO3.C5H11NO2.CH3Br/c1-2-20-15-16-25(17-22(26)21-11-7-4-8-12-21)18-23(20)28-24(27)14-13-19-9-5-3-6-10-19;1-5(2,3)8-4(6)7;1-2/h3,5-7,9-12,20,23H,2,4,8,13-18H2,1H3;1-3H3,(H2,6,7);1H3/p+1/t20?,23-;;/m0../s1. The van der Waals surface area contributed by atoms with E-state index in [4.69, 9.17) is 10.5 Å². The molecule has 0 spiro atoms. The van der Waals surface area contributed by atoms with E-state index >= 15 is 0 Å². The van der Waals surface area contributed by atoms with Crippen LogP contribution in [0.5, 0.6) is 0 Å². The topological polar surface area (TPSA) is 100 Å². The van der Waals surface area contributed by atoms with Crippen molar-refractivity contribution < 1.29 is 28.8 Å². The first-order chi connectivity index (χ1) is 18.1. The number of hydrogen-bond donors (Lipinski definition) is 2. The van der Waals surface area contributed by atoms with Crippen molar-refractivity contribution in [3.05, 3.63) is 59.7 Å². The third kappa shape index (κ3) is 13.9. The highest BCUT2D eigenvalue weighted by atomic mass is 79.9. The first kappa shape index (κ1) is 33.6. The zero-order valence-corrected chi connectivity index (χ0v) is 25.2. The molecule has 3 rings (SSSR count). The molecule has 7 nitrogen and oxygen atoms in total. The summed E-state index contributed by atoms with van der Waals surface area (Å²) in [5.41, 5.74) is 6.26. The molecule has 1 heterocycles. The Kier molecular flexibility index (Phi) is 15.9. The normalized spacial score (nSPS) is 20.5. The zero-order valence-electron chi connectivity index (χ0n) is 23.6. The molecular weight excluding hydrogens is 548 g/mol. The summed E-state index contributed by atoms with van der Waals surface area (Å²) in [6.07, 6.45) is 10.4. The van der Waals surface area contributed by atoms with Crippen LogP contribution < -0.4 is 10.6 Å². The van der Waals surface area contributed by atoms with E-state index in [1.54, 1.807) is 20.8 Å². The van der Waals surface area contributed by atoms with Crippen molar-refractivity contribution in [2.45, 2.75) is 77.9 Å². The van der Waals surface area contributed by atoms with Crippen molar-refractivity contribution in [2.75, 3.05) is 25.5 Å². The highest BCUT2D eigenvalue weighted by Gasteiger charge is 2.34. The lowest BCUT2D eigenvalue weighted by Crippen LogP contribution is -3.15. The zero-order chi connectivity index (χ0) is 28.6. The van der Waals surface area contributed by atoms with Gasteiger partial charge in [-0.3, -0.25) is 9.59 Å². The molecule has 3 atom stereocenters. The molecule has 0 saturated carbocycles. The highest BCUT2D eigenvalue weighted by molar-refractivity contribution is 9.08. The Hall–Kier alpha value is -2.45. The minimum Gasteiger partial charge on any atom is -0.456 e. The number of carbonyl (C=O) groups is 3. The molecule has 1 aliphatic heterocycles. The maximum Gasteiger partial charge on any atom is 0.405 e. The van der Waals surface area contributed by atoms with E-state index in [1.807, 2.05) is 48.3 Å². The van der Waals surface area contributed by atoms with Crippen LogP contribution in [0.15, 0.2) is 54.1 Å². The number of amides is 1. The number of benzene rings is 1. The van der Waals surface area contributed by atoms with Crippen LogP contribution in [-0.2, 0) is 25.5 Å². The third-order valence-corrected chi connectivity index (χ3v) is 6.29. The molecule has 212 valence electrons. The van der Waals surface area contributed by atoms with Gasteiger partial charge in [-0.05, 0) is 57.9 Å². The number of hydrogen-bond acceptors (Lipinski definition) is 5. The van der Waals surface area contributed by atoms with Gasteiger partial charge in [-0.1, -0.05) is 71.4 Å². The summed E-state index contributed by atoms with van der Waals surface area (Å²) in [5, 5.41) is 0. The monoisotopic (exact) mass is 593 g/mol. The number of carbonyl (C=O) groups excluding carboxylic acids is 3. The van der Waals surface area contributed by atoms with Crippen molar-refractivity contribution in [2.24, 2.45) is 11.7 Å². The fraction of sp³-hybridized carbons (Fsp3) is 0.567. The molecule has 1 aliphatic carbocycles. The summed E-state index contributed by atoms with van der Waals surface area (Å²) in [6, 6.07) is 10.0. The third-order valence-electron chi connectivity index (χ3n) is 6.29. The fourth-order valence-electron chi connectivity index (χ4n) is 4.46. The predicted molar refractivity (Wildman–Crippen MR) is 155 cm³/mol. The van der Waals surface area contributed by atoms with Crippen molar-refractivity contribution in [1.29, 1.82) is 0 Å². The SMILES string of the molecule is CBr.CC(C)(C)OC(N)=O.CCC1CC[NH+](CC(=O)C2=CCCC=C2)C[C@@H]1OC(=O)CCc1ccccc1. The Bertz CT molecular complexity index is 924. The van der Waals surface area contributed by atoms with Gasteiger partial charge >= 0.3 is 12.1 Å². The lowest BCUT2D eigenvalue weighted by atomic mass is 9.91. The van der Waals surface area contributed by atoms with Gasteiger partial charge in [-0.2, -0.15) is 0 Å². The van der Waals surface area contributed by atoms with Crippen LogP contribution in [0.2, 0.25) is 0 Å². The van der Waals surface area contributed by atoms with Gasteiger partial charge in [0.05, 0.1) is 6.54 Å². The molecule has 0 radical (unpaired) electrons. The van der Waals surface area contributed by atoms with Crippen LogP contribution in [0.3, 0.4) is 0 Å². The molecule has 8 heteroatoms. The summed E-state index contributed by atoms with van der Waals surface area (Å²) < 4.78 is 10.5. The Morgan fingerprint density at radius 2 is 1.79 bits per heavy atom. The number of aryl methyl sites for hydroxylation is 1. The molecule has 2 aliphatic rings. The Morgan fingerprint density at radius 3 is 2.32 bits per heavy atom. The van der Waals surface area contributed by atoms with Gasteiger partial charge in [0.25, 0.3) is 0 Å². The number of ether oxygens (including phenoxy) is 2. The van der Waals surface area contributed by atoms with Crippen LogP contribution >= 0.6 is 15.9 Å². The van der Waals surface area contributed by atoms with Crippen LogP contribution in [0.1, 0.15) is 65.4 Å². The second-order valence-electron chi connectivity index (χ2n) is 10.4. The first-order valence-corrected chi connectivity index (χ1v) is 15.0.